The number of para-hydroxylation sites is 1. The van der Waals surface area contributed by atoms with Crippen molar-refractivity contribution in [2.75, 3.05) is 24.3 Å². The van der Waals surface area contributed by atoms with Gasteiger partial charge in [0.25, 0.3) is 0 Å². The van der Waals surface area contributed by atoms with Crippen LogP contribution in [0.15, 0.2) is 48.5 Å². The number of hydrogen-bond donors (Lipinski definition) is 1. The zero-order chi connectivity index (χ0) is 20.7. The number of anilines is 1. The number of nitrogens with zero attached hydrogens (tertiary/aromatic N) is 1. The van der Waals surface area contributed by atoms with Crippen LogP contribution in [0.5, 0.6) is 11.5 Å². The predicted molar refractivity (Wildman–Crippen MR) is 109 cm³/mol. The fraction of sp³-hybridized carbons (Fsp3) is 0.350. The topological polar surface area (TPSA) is 84.9 Å². The number of ether oxygens (including phenoxy) is 2. The van der Waals surface area contributed by atoms with Crippen LogP contribution in [0.4, 0.5) is 5.69 Å². The Balaban J connectivity index is 2.18. The summed E-state index contributed by atoms with van der Waals surface area (Å²) in [7, 11) is -2.12. The molecule has 1 amide bonds. The van der Waals surface area contributed by atoms with E-state index in [1.165, 1.54) is 0 Å². The van der Waals surface area contributed by atoms with Crippen molar-refractivity contribution in [1.82, 2.24) is 5.32 Å². The number of sulfonamides is 1. The molecule has 0 spiro atoms. The van der Waals surface area contributed by atoms with Gasteiger partial charge in [-0.2, -0.15) is 0 Å². The highest BCUT2D eigenvalue weighted by Crippen LogP contribution is 2.24. The quantitative estimate of drug-likeness (QED) is 0.692. The molecule has 0 bridgehead atoms. The molecule has 0 aliphatic carbocycles. The second-order valence-electron chi connectivity index (χ2n) is 6.19. The van der Waals surface area contributed by atoms with Gasteiger partial charge in [0.15, 0.2) is 0 Å². The van der Waals surface area contributed by atoms with Crippen LogP contribution in [0.25, 0.3) is 0 Å². The summed E-state index contributed by atoms with van der Waals surface area (Å²) >= 11 is 0. The molecule has 1 N–H and O–H groups in total. The van der Waals surface area contributed by atoms with Crippen LogP contribution in [0.1, 0.15) is 19.4 Å². The van der Waals surface area contributed by atoms with Crippen LogP contribution in [-0.2, 0) is 21.4 Å². The largest absolute Gasteiger partial charge is 0.496 e. The van der Waals surface area contributed by atoms with Crippen LogP contribution in [0.2, 0.25) is 0 Å². The number of methoxy groups -OCH3 is 1. The van der Waals surface area contributed by atoms with Crippen molar-refractivity contribution >= 4 is 21.6 Å². The van der Waals surface area contributed by atoms with Crippen LogP contribution in [0, 0.1) is 0 Å². The normalized spacial score (nSPS) is 12.1. The highest BCUT2D eigenvalue weighted by atomic mass is 32.2. The van der Waals surface area contributed by atoms with E-state index < -0.39 is 22.0 Å². The van der Waals surface area contributed by atoms with Gasteiger partial charge in [-0.15, -0.1) is 0 Å². The fourth-order valence-electron chi connectivity index (χ4n) is 2.84. The van der Waals surface area contributed by atoms with Gasteiger partial charge >= 0.3 is 0 Å². The summed E-state index contributed by atoms with van der Waals surface area (Å²) in [4.78, 5) is 12.7. The molecule has 2 aromatic carbocycles. The van der Waals surface area contributed by atoms with E-state index in [0.29, 0.717) is 23.8 Å². The number of hydrogen-bond acceptors (Lipinski definition) is 5. The van der Waals surface area contributed by atoms with Crippen molar-refractivity contribution in [3.05, 3.63) is 54.1 Å². The molecule has 152 valence electrons. The van der Waals surface area contributed by atoms with Crippen LogP contribution in [0.3, 0.4) is 0 Å². The number of amides is 1. The van der Waals surface area contributed by atoms with Crippen molar-refractivity contribution in [2.24, 2.45) is 0 Å². The lowest BCUT2D eigenvalue weighted by Gasteiger charge is -2.28. The predicted octanol–water partition coefficient (Wildman–Crippen LogP) is 2.56. The first-order valence-electron chi connectivity index (χ1n) is 8.89. The zero-order valence-electron chi connectivity index (χ0n) is 16.5. The molecule has 0 saturated heterocycles. The Morgan fingerprint density at radius 3 is 2.36 bits per heavy atom. The third-order valence-corrected chi connectivity index (χ3v) is 5.38. The van der Waals surface area contributed by atoms with Crippen molar-refractivity contribution in [3.63, 3.8) is 0 Å². The first-order chi connectivity index (χ1) is 13.3. The van der Waals surface area contributed by atoms with Crippen LogP contribution < -0.4 is 19.1 Å². The molecule has 0 heterocycles. The molecule has 2 aromatic rings. The highest BCUT2D eigenvalue weighted by Gasteiger charge is 2.29. The molecule has 0 saturated carbocycles. The van der Waals surface area contributed by atoms with Gasteiger partial charge in [-0.05, 0) is 44.2 Å². The summed E-state index contributed by atoms with van der Waals surface area (Å²) in [5, 5.41) is 2.78. The smallest absolute Gasteiger partial charge is 0.243 e. The Morgan fingerprint density at radius 2 is 1.79 bits per heavy atom. The van der Waals surface area contributed by atoms with Crippen LogP contribution in [-0.4, -0.2) is 40.3 Å². The van der Waals surface area contributed by atoms with E-state index in [4.69, 9.17) is 9.47 Å². The molecule has 7 nitrogen and oxygen atoms in total. The van der Waals surface area contributed by atoms with Gasteiger partial charge in [0.05, 0.1) is 25.7 Å². The van der Waals surface area contributed by atoms with Gasteiger partial charge in [0, 0.05) is 12.1 Å². The lowest BCUT2D eigenvalue weighted by Crippen LogP contribution is -2.47. The van der Waals surface area contributed by atoms with Gasteiger partial charge < -0.3 is 14.8 Å². The van der Waals surface area contributed by atoms with Crippen molar-refractivity contribution in [2.45, 2.75) is 26.4 Å². The Labute approximate surface area is 166 Å². The summed E-state index contributed by atoms with van der Waals surface area (Å²) in [6.45, 7) is 4.16. The number of rotatable bonds is 9. The van der Waals surface area contributed by atoms with Gasteiger partial charge in [-0.25, -0.2) is 8.42 Å². The Bertz CT molecular complexity index is 897. The third kappa shape index (κ3) is 5.39. The van der Waals surface area contributed by atoms with Crippen molar-refractivity contribution in [3.8, 4) is 11.5 Å². The SMILES string of the molecule is CCOc1ccc(N([C@@H](C)C(=O)NCc2ccccc2OC)S(C)(=O)=O)cc1. The summed E-state index contributed by atoms with van der Waals surface area (Å²) in [5.74, 6) is 0.875. The van der Waals surface area contributed by atoms with E-state index in [9.17, 15) is 13.2 Å². The summed E-state index contributed by atoms with van der Waals surface area (Å²) in [6.07, 6.45) is 1.08. The van der Waals surface area contributed by atoms with Crippen LogP contribution >= 0.6 is 0 Å². The minimum absolute atomic E-state index is 0.230. The van der Waals surface area contributed by atoms with E-state index >= 15 is 0 Å². The first-order valence-corrected chi connectivity index (χ1v) is 10.7. The van der Waals surface area contributed by atoms with E-state index in [1.54, 1.807) is 44.4 Å². The molecular formula is C20H26N2O5S. The fourth-order valence-corrected chi connectivity index (χ4v) is 4.02. The number of carbonyl (C=O) groups is 1. The van der Waals surface area contributed by atoms with Crippen molar-refractivity contribution < 1.29 is 22.7 Å². The van der Waals surface area contributed by atoms with Gasteiger partial charge in [0.1, 0.15) is 17.5 Å². The molecule has 28 heavy (non-hydrogen) atoms. The Hall–Kier alpha value is -2.74. The second-order valence-corrected chi connectivity index (χ2v) is 8.05. The summed E-state index contributed by atoms with van der Waals surface area (Å²) < 4.78 is 36.5. The van der Waals surface area contributed by atoms with Gasteiger partial charge in [-0.3, -0.25) is 9.10 Å². The minimum Gasteiger partial charge on any atom is -0.496 e. The van der Waals surface area contributed by atoms with Gasteiger partial charge in [-0.1, -0.05) is 18.2 Å². The van der Waals surface area contributed by atoms with E-state index in [1.807, 2.05) is 25.1 Å². The molecule has 0 aliphatic rings. The Kier molecular flexibility index (Phi) is 7.28. The Morgan fingerprint density at radius 1 is 1.14 bits per heavy atom. The third-order valence-electron chi connectivity index (χ3n) is 4.14. The van der Waals surface area contributed by atoms with Gasteiger partial charge in [0.2, 0.25) is 15.9 Å². The van der Waals surface area contributed by atoms with E-state index in [-0.39, 0.29) is 6.54 Å². The lowest BCUT2D eigenvalue weighted by molar-refractivity contribution is -0.122. The highest BCUT2D eigenvalue weighted by molar-refractivity contribution is 7.92. The van der Waals surface area contributed by atoms with E-state index in [2.05, 4.69) is 5.32 Å². The maximum absolute atomic E-state index is 12.7. The molecule has 0 aliphatic heterocycles. The molecule has 2 rings (SSSR count). The second kappa shape index (κ2) is 9.45. The monoisotopic (exact) mass is 406 g/mol. The number of nitrogens with one attached hydrogen (secondary N) is 1. The first kappa shape index (κ1) is 21.6. The molecule has 1 atom stereocenters. The molecule has 0 unspecified atom stereocenters. The molecular weight excluding hydrogens is 380 g/mol. The average Bonchev–Trinajstić information content (AvgIpc) is 2.67. The molecule has 8 heteroatoms. The summed E-state index contributed by atoms with van der Waals surface area (Å²) in [5.41, 5.74) is 1.20. The standard InChI is InChI=1S/C20H26N2O5S/c1-5-27-18-12-10-17(11-13-18)22(28(4,24)25)15(2)20(23)21-14-16-8-6-7-9-19(16)26-3/h6-13,15H,5,14H2,1-4H3,(H,21,23)/t15-/m0/s1. The van der Waals surface area contributed by atoms with Crippen molar-refractivity contribution in [1.29, 1.82) is 0 Å². The maximum Gasteiger partial charge on any atom is 0.243 e. The molecule has 0 radical (unpaired) electrons. The molecule has 0 fully saturated rings. The van der Waals surface area contributed by atoms with E-state index in [0.717, 1.165) is 16.1 Å². The zero-order valence-corrected chi connectivity index (χ0v) is 17.3. The average molecular weight is 407 g/mol. The summed E-state index contributed by atoms with van der Waals surface area (Å²) in [6, 6.07) is 13.0. The minimum atomic E-state index is -3.68. The maximum atomic E-state index is 12.7. The number of carbonyl (C=O) groups excluding carboxylic acids is 1. The lowest BCUT2D eigenvalue weighted by atomic mass is 10.2. The molecule has 0 aromatic heterocycles. The number of benzene rings is 2.